The van der Waals surface area contributed by atoms with Gasteiger partial charge in [-0.3, -0.25) is 14.4 Å². The van der Waals surface area contributed by atoms with Crippen molar-refractivity contribution in [2.45, 2.75) is 6.54 Å². The number of carbonyl (C=O) groups excluding carboxylic acids is 3. The Morgan fingerprint density at radius 1 is 1.12 bits per heavy atom. The van der Waals surface area contributed by atoms with Gasteiger partial charge < -0.3 is 19.7 Å². The van der Waals surface area contributed by atoms with E-state index in [-0.39, 0.29) is 28.9 Å². The van der Waals surface area contributed by atoms with Crippen LogP contribution in [-0.4, -0.2) is 64.0 Å². The lowest BCUT2D eigenvalue weighted by molar-refractivity contribution is -0.255. The van der Waals surface area contributed by atoms with Crippen LogP contribution in [0, 0.1) is 0 Å². The van der Waals surface area contributed by atoms with Gasteiger partial charge >= 0.3 is 0 Å². The zero-order valence-corrected chi connectivity index (χ0v) is 13.3. The van der Waals surface area contributed by atoms with Crippen molar-refractivity contribution in [2.75, 3.05) is 26.2 Å². The van der Waals surface area contributed by atoms with E-state index in [0.717, 1.165) is 11.1 Å². The number of benzene rings is 1. The van der Waals surface area contributed by atoms with Crippen LogP contribution in [0.4, 0.5) is 0 Å². The van der Waals surface area contributed by atoms with Crippen LogP contribution in [0.25, 0.3) is 10.8 Å². The lowest BCUT2D eigenvalue weighted by Gasteiger charge is -2.32. The summed E-state index contributed by atoms with van der Waals surface area (Å²) in [6, 6.07) is 6.15. The van der Waals surface area contributed by atoms with Crippen molar-refractivity contribution in [3.05, 3.63) is 40.3 Å². The van der Waals surface area contributed by atoms with E-state index in [1.807, 2.05) is 0 Å². The molecule has 1 aromatic heterocycles. The number of carbonyl (C=O) groups is 3. The lowest BCUT2D eigenvalue weighted by atomic mass is 10.1. The Bertz CT molecular complexity index is 899. The summed E-state index contributed by atoms with van der Waals surface area (Å²) >= 11 is 0. The van der Waals surface area contributed by atoms with Crippen molar-refractivity contribution in [1.82, 2.24) is 19.6 Å². The van der Waals surface area contributed by atoms with Crippen molar-refractivity contribution in [3.63, 3.8) is 0 Å². The summed E-state index contributed by atoms with van der Waals surface area (Å²) < 4.78 is 0.849. The molecule has 0 atom stereocenters. The molecular formula is C16H15N4O5-. The van der Waals surface area contributed by atoms with Gasteiger partial charge in [0, 0.05) is 31.6 Å². The van der Waals surface area contributed by atoms with Crippen LogP contribution in [0.2, 0.25) is 0 Å². The smallest absolute Gasteiger partial charge is 0.275 e. The Balaban J connectivity index is 1.90. The number of aromatic carboxylic acids is 1. The minimum absolute atomic E-state index is 0.162. The maximum Gasteiger partial charge on any atom is 0.275 e. The number of hydrogen-bond acceptors (Lipinski definition) is 6. The minimum atomic E-state index is -1.52. The first kappa shape index (κ1) is 16.6. The van der Waals surface area contributed by atoms with Gasteiger partial charge in [0.25, 0.3) is 5.56 Å². The second kappa shape index (κ2) is 6.71. The third-order valence-corrected chi connectivity index (χ3v) is 4.16. The predicted molar refractivity (Wildman–Crippen MR) is 84.6 cm³/mol. The molecule has 0 unspecified atom stereocenters. The normalized spacial score (nSPS) is 14.6. The molecule has 1 saturated heterocycles. The van der Waals surface area contributed by atoms with Gasteiger partial charge in [-0.05, 0) is 6.07 Å². The molecular weight excluding hydrogens is 328 g/mol. The largest absolute Gasteiger partial charge is 0.543 e. The Labute approximate surface area is 142 Å². The fraction of sp³-hybridized carbons (Fsp3) is 0.312. The number of fused-ring (bicyclic) bond motifs is 1. The number of nitrogens with zero attached hydrogens (tertiary/aromatic N) is 4. The highest BCUT2D eigenvalue weighted by molar-refractivity contribution is 6.00. The summed E-state index contributed by atoms with van der Waals surface area (Å²) in [5.41, 5.74) is -0.922. The van der Waals surface area contributed by atoms with Crippen LogP contribution in [-0.2, 0) is 16.1 Å². The van der Waals surface area contributed by atoms with Gasteiger partial charge in [-0.1, -0.05) is 18.2 Å². The quantitative estimate of drug-likeness (QED) is 0.597. The third-order valence-electron chi connectivity index (χ3n) is 4.16. The van der Waals surface area contributed by atoms with Crippen molar-refractivity contribution in [1.29, 1.82) is 0 Å². The second-order valence-electron chi connectivity index (χ2n) is 5.67. The molecule has 2 amide bonds. The maximum atomic E-state index is 12.5. The van der Waals surface area contributed by atoms with Crippen LogP contribution in [0.5, 0.6) is 0 Å². The summed E-state index contributed by atoms with van der Waals surface area (Å²) in [5.74, 6) is -1.88. The fourth-order valence-electron chi connectivity index (χ4n) is 2.80. The number of aromatic nitrogens is 2. The molecule has 1 aliphatic rings. The molecule has 1 aromatic carbocycles. The van der Waals surface area contributed by atoms with E-state index in [0.29, 0.717) is 26.2 Å². The average molecular weight is 343 g/mol. The zero-order chi connectivity index (χ0) is 18.0. The van der Waals surface area contributed by atoms with E-state index in [1.54, 1.807) is 17.0 Å². The van der Waals surface area contributed by atoms with Crippen LogP contribution >= 0.6 is 0 Å². The SMILES string of the molecule is O=CN1CCN(C(=O)Cn2nc(C(=O)[O-])c3ccccc3c2=O)CC1. The van der Waals surface area contributed by atoms with Crippen LogP contribution < -0.4 is 10.7 Å². The molecule has 0 saturated carbocycles. The Kier molecular flexibility index (Phi) is 4.46. The molecule has 2 aromatic rings. The number of rotatable bonds is 4. The molecule has 0 spiro atoms. The molecule has 130 valence electrons. The molecule has 9 nitrogen and oxygen atoms in total. The molecule has 2 heterocycles. The maximum absolute atomic E-state index is 12.5. The number of amides is 2. The standard InChI is InChI=1S/C16H16N4O5/c21-10-18-5-7-19(8-6-18)13(22)9-20-15(23)12-4-2-1-3-11(12)14(17-20)16(24)25/h1-4,10H,5-9H2,(H,24,25)/p-1. The number of carboxylic acids is 1. The minimum Gasteiger partial charge on any atom is -0.543 e. The summed E-state index contributed by atoms with van der Waals surface area (Å²) in [6.07, 6.45) is 0.726. The molecule has 1 aliphatic heterocycles. The van der Waals surface area contributed by atoms with Crippen molar-refractivity contribution < 1.29 is 19.5 Å². The average Bonchev–Trinajstić information content (AvgIpc) is 2.63. The monoisotopic (exact) mass is 343 g/mol. The summed E-state index contributed by atoms with van der Waals surface area (Å²) in [7, 11) is 0. The Morgan fingerprint density at radius 2 is 1.76 bits per heavy atom. The summed E-state index contributed by atoms with van der Waals surface area (Å²) in [6.45, 7) is 1.17. The second-order valence-corrected chi connectivity index (χ2v) is 5.67. The van der Waals surface area contributed by atoms with Gasteiger partial charge in [0.15, 0.2) is 0 Å². The first-order chi connectivity index (χ1) is 12.0. The molecule has 0 radical (unpaired) electrons. The lowest BCUT2D eigenvalue weighted by Crippen LogP contribution is -2.49. The van der Waals surface area contributed by atoms with E-state index in [9.17, 15) is 24.3 Å². The molecule has 9 heteroatoms. The summed E-state index contributed by atoms with van der Waals surface area (Å²) in [4.78, 5) is 50.0. The van der Waals surface area contributed by atoms with Crippen molar-refractivity contribution >= 4 is 29.1 Å². The van der Waals surface area contributed by atoms with Crippen molar-refractivity contribution in [3.8, 4) is 0 Å². The van der Waals surface area contributed by atoms with Crippen LogP contribution in [0.15, 0.2) is 29.1 Å². The van der Waals surface area contributed by atoms with Gasteiger partial charge in [-0.15, -0.1) is 0 Å². The van der Waals surface area contributed by atoms with Gasteiger partial charge in [0.05, 0.1) is 11.4 Å². The van der Waals surface area contributed by atoms with Gasteiger partial charge in [0.2, 0.25) is 12.3 Å². The highest BCUT2D eigenvalue weighted by atomic mass is 16.4. The zero-order valence-electron chi connectivity index (χ0n) is 13.3. The van der Waals surface area contributed by atoms with Crippen LogP contribution in [0.3, 0.4) is 0 Å². The van der Waals surface area contributed by atoms with E-state index < -0.39 is 11.5 Å². The number of hydrogen-bond donors (Lipinski definition) is 0. The van der Waals surface area contributed by atoms with Crippen LogP contribution in [0.1, 0.15) is 10.5 Å². The van der Waals surface area contributed by atoms with E-state index in [4.69, 9.17) is 0 Å². The molecule has 0 aliphatic carbocycles. The highest BCUT2D eigenvalue weighted by Gasteiger charge is 2.21. The Hall–Kier alpha value is -3.23. The van der Waals surface area contributed by atoms with E-state index in [1.165, 1.54) is 17.0 Å². The first-order valence-electron chi connectivity index (χ1n) is 7.69. The third kappa shape index (κ3) is 3.21. The van der Waals surface area contributed by atoms with Gasteiger partial charge in [0.1, 0.15) is 12.2 Å². The van der Waals surface area contributed by atoms with E-state index >= 15 is 0 Å². The summed E-state index contributed by atoms with van der Waals surface area (Å²) in [5, 5.41) is 15.4. The van der Waals surface area contributed by atoms with Gasteiger partial charge in [-0.2, -0.15) is 5.10 Å². The molecule has 3 rings (SSSR count). The van der Waals surface area contributed by atoms with E-state index in [2.05, 4.69) is 5.10 Å². The first-order valence-corrected chi connectivity index (χ1v) is 7.69. The molecule has 0 bridgehead atoms. The van der Waals surface area contributed by atoms with Gasteiger partial charge in [-0.25, -0.2) is 4.68 Å². The Morgan fingerprint density at radius 3 is 2.36 bits per heavy atom. The molecule has 0 N–H and O–H groups in total. The molecule has 25 heavy (non-hydrogen) atoms. The fourth-order valence-corrected chi connectivity index (χ4v) is 2.80. The highest BCUT2D eigenvalue weighted by Crippen LogP contribution is 2.12. The number of carboxylic acid groups (broad SMARTS) is 1. The topological polar surface area (TPSA) is 116 Å². The molecule has 1 fully saturated rings. The number of piperazine rings is 1. The van der Waals surface area contributed by atoms with Crippen molar-refractivity contribution in [2.24, 2.45) is 0 Å². The predicted octanol–water partition coefficient (Wildman–Crippen LogP) is -1.94.